The van der Waals surface area contributed by atoms with Gasteiger partial charge in [0.05, 0.1) is 31.7 Å². The first-order valence-electron chi connectivity index (χ1n) is 31.0. The Morgan fingerprint density at radius 3 is 2.12 bits per heavy atom. The van der Waals surface area contributed by atoms with Crippen molar-refractivity contribution in [1.82, 2.24) is 35.1 Å². The molecule has 4 aromatic rings. The van der Waals surface area contributed by atoms with Crippen molar-refractivity contribution in [1.29, 1.82) is 0 Å². The van der Waals surface area contributed by atoms with Crippen molar-refractivity contribution in [3.63, 3.8) is 0 Å². The zero-order chi connectivity index (χ0) is 66.6. The van der Waals surface area contributed by atoms with E-state index in [9.17, 15) is 38.0 Å². The lowest BCUT2D eigenvalue weighted by molar-refractivity contribution is -0.143. The zero-order valence-electron chi connectivity index (χ0n) is 54.3. The molecule has 0 spiro atoms. The lowest BCUT2D eigenvalue weighted by Gasteiger charge is -2.47. The van der Waals surface area contributed by atoms with Gasteiger partial charge in [0, 0.05) is 75.8 Å². The Kier molecular flexibility index (Phi) is 21.3. The molecule has 4 heterocycles. The minimum atomic E-state index is -1.56. The Morgan fingerprint density at radius 1 is 0.802 bits per heavy atom. The number of benzene rings is 4. The van der Waals surface area contributed by atoms with Crippen molar-refractivity contribution in [3.8, 4) is 0 Å². The highest BCUT2D eigenvalue weighted by Gasteiger charge is 2.49. The van der Waals surface area contributed by atoms with E-state index in [4.69, 9.17) is 14.2 Å². The number of para-hydroxylation sites is 1. The van der Waals surface area contributed by atoms with E-state index in [-0.39, 0.29) is 60.7 Å². The van der Waals surface area contributed by atoms with Gasteiger partial charge < -0.3 is 50.2 Å². The Bertz CT molecular complexity index is 3380. The third-order valence-corrected chi connectivity index (χ3v) is 17.4. The lowest BCUT2D eigenvalue weighted by Crippen LogP contribution is -2.64. The van der Waals surface area contributed by atoms with E-state index in [2.05, 4.69) is 38.0 Å². The average Bonchev–Trinajstić information content (AvgIpc) is 1.62. The van der Waals surface area contributed by atoms with Crippen LogP contribution in [0, 0.1) is 23.4 Å². The van der Waals surface area contributed by atoms with Crippen LogP contribution < -0.4 is 26.2 Å². The number of ether oxygens (including phenoxy) is 3. The van der Waals surface area contributed by atoms with Gasteiger partial charge in [-0.3, -0.25) is 43.5 Å². The van der Waals surface area contributed by atoms with E-state index in [1.165, 1.54) is 43.1 Å². The van der Waals surface area contributed by atoms with Crippen molar-refractivity contribution < 1.29 is 65.7 Å². The molecule has 4 aliphatic heterocycles. The Morgan fingerprint density at radius 2 is 1.47 bits per heavy atom. The summed E-state index contributed by atoms with van der Waals surface area (Å²) in [6, 6.07) is 14.8. The van der Waals surface area contributed by atoms with Crippen LogP contribution in [0.4, 0.5) is 39.8 Å². The minimum absolute atomic E-state index is 0.0592. The molecule has 0 radical (unpaired) electrons. The van der Waals surface area contributed by atoms with Crippen molar-refractivity contribution in [3.05, 3.63) is 124 Å². The van der Waals surface area contributed by atoms with E-state index in [0.29, 0.717) is 69.0 Å². The minimum Gasteiger partial charge on any atom is -0.444 e. The van der Waals surface area contributed by atoms with Crippen LogP contribution >= 0.6 is 0 Å². The molecule has 4 aromatic carbocycles. The fraction of sp³-hybridized carbons (Fsp3) is 0.522. The summed E-state index contributed by atoms with van der Waals surface area (Å²) in [5.74, 6) is -7.04. The van der Waals surface area contributed by atoms with Gasteiger partial charge in [-0.05, 0) is 152 Å². The van der Waals surface area contributed by atoms with E-state index in [1.54, 1.807) is 75.6 Å². The summed E-state index contributed by atoms with van der Waals surface area (Å²) in [4.78, 5) is 124. The van der Waals surface area contributed by atoms with Gasteiger partial charge in [0.2, 0.25) is 29.5 Å². The maximum Gasteiger partial charge on any atom is 0.410 e. The number of nitrogens with one attached hydrogen (secondary N) is 4. The maximum absolute atomic E-state index is 15.2. The summed E-state index contributed by atoms with van der Waals surface area (Å²) in [7, 11) is 1.38. The number of rotatable bonds is 18. The van der Waals surface area contributed by atoms with E-state index in [0.717, 1.165) is 34.2 Å². The zero-order valence-corrected chi connectivity index (χ0v) is 54.3. The summed E-state index contributed by atoms with van der Waals surface area (Å²) in [6.07, 6.45) is -0.447. The van der Waals surface area contributed by atoms with Crippen LogP contribution in [0.2, 0.25) is 0 Å². The molecule has 0 bridgehead atoms. The molecule has 21 nitrogen and oxygen atoms in total. The van der Waals surface area contributed by atoms with Gasteiger partial charge in [0.15, 0.2) is 0 Å². The normalized spacial score (nSPS) is 21.2. The molecule has 8 atom stereocenters. The fourth-order valence-electron chi connectivity index (χ4n) is 11.9. The van der Waals surface area contributed by atoms with Crippen LogP contribution in [0.1, 0.15) is 123 Å². The lowest BCUT2D eigenvalue weighted by atomic mass is 9.83. The van der Waals surface area contributed by atoms with Crippen molar-refractivity contribution >= 4 is 64.7 Å². The molecule has 91 heavy (non-hydrogen) atoms. The topological polar surface area (TPSA) is 232 Å². The van der Waals surface area contributed by atoms with Gasteiger partial charge in [0.25, 0.3) is 5.91 Å². The predicted molar refractivity (Wildman–Crippen MR) is 336 cm³/mol. The molecule has 492 valence electrons. The molecule has 2 saturated heterocycles. The number of fused-ring (bicyclic) bond motifs is 2. The molecule has 0 aromatic heterocycles. The second-order valence-electron chi connectivity index (χ2n) is 26.7. The van der Waals surface area contributed by atoms with Gasteiger partial charge in [-0.25, -0.2) is 22.8 Å². The number of carbonyl (C=O) groups excluding carboxylic acids is 8. The quantitative estimate of drug-likeness (QED) is 0.0743. The molecule has 24 heteroatoms. The van der Waals surface area contributed by atoms with Crippen molar-refractivity contribution in [2.45, 2.75) is 155 Å². The van der Waals surface area contributed by atoms with Crippen molar-refractivity contribution in [2.24, 2.45) is 5.92 Å². The van der Waals surface area contributed by atoms with E-state index in [1.807, 2.05) is 39.8 Å². The number of amides is 8. The molecule has 4 aliphatic rings. The molecule has 8 amide bonds. The number of piperazine rings is 1. The second-order valence-corrected chi connectivity index (χ2v) is 26.7. The first kappa shape index (κ1) is 68.8. The first-order chi connectivity index (χ1) is 42.7. The van der Waals surface area contributed by atoms with Gasteiger partial charge in [0.1, 0.15) is 52.5 Å². The first-order valence-corrected chi connectivity index (χ1v) is 31.0. The summed E-state index contributed by atoms with van der Waals surface area (Å²) in [5.41, 5.74) is -0.351. The van der Waals surface area contributed by atoms with Gasteiger partial charge in [-0.15, -0.1) is 0 Å². The number of hydrogen-bond donors (Lipinski definition) is 4. The summed E-state index contributed by atoms with van der Waals surface area (Å²) in [6.45, 7) is 23.2. The van der Waals surface area contributed by atoms with Crippen LogP contribution in [-0.4, -0.2) is 180 Å². The van der Waals surface area contributed by atoms with Crippen LogP contribution in [0.15, 0.2) is 78.9 Å². The van der Waals surface area contributed by atoms with Crippen LogP contribution in [0.3, 0.4) is 0 Å². The molecule has 2 fully saturated rings. The molecular formula is C67H87F3N10O11. The van der Waals surface area contributed by atoms with Gasteiger partial charge in [-0.1, -0.05) is 56.7 Å². The van der Waals surface area contributed by atoms with Crippen molar-refractivity contribution in [2.75, 3.05) is 81.6 Å². The number of morpholine rings is 1. The third kappa shape index (κ3) is 16.3. The Hall–Kier alpha value is -8.09. The number of halogens is 3. The monoisotopic (exact) mass is 1260 g/mol. The van der Waals surface area contributed by atoms with Crippen LogP contribution in [0.25, 0.3) is 0 Å². The summed E-state index contributed by atoms with van der Waals surface area (Å²) in [5, 5.41) is 10.6. The maximum atomic E-state index is 15.2. The molecular weight excluding hydrogens is 1180 g/mol. The second kappa shape index (κ2) is 28.2. The highest BCUT2D eigenvalue weighted by atomic mass is 19.1. The molecule has 4 N–H and O–H groups in total. The predicted octanol–water partition coefficient (Wildman–Crippen LogP) is 7.89. The molecule has 0 saturated carbocycles. The highest BCUT2D eigenvalue weighted by molar-refractivity contribution is 6.05. The Balaban J connectivity index is 1.02. The Labute approximate surface area is 530 Å². The molecule has 3 unspecified atom stereocenters. The number of carbonyl (C=O) groups is 8. The third-order valence-electron chi connectivity index (χ3n) is 17.4. The van der Waals surface area contributed by atoms with Crippen LogP contribution in [0.5, 0.6) is 0 Å². The summed E-state index contributed by atoms with van der Waals surface area (Å²) >= 11 is 0. The molecule has 0 aliphatic carbocycles. The largest absolute Gasteiger partial charge is 0.444 e. The number of hydrogen-bond acceptors (Lipinski definition) is 13. The van der Waals surface area contributed by atoms with E-state index < -0.39 is 106 Å². The number of nitrogens with zero attached hydrogens (tertiary/aromatic N) is 6. The highest BCUT2D eigenvalue weighted by Crippen LogP contribution is 2.43. The fourth-order valence-corrected chi connectivity index (χ4v) is 11.9. The van der Waals surface area contributed by atoms with E-state index >= 15 is 13.6 Å². The van der Waals surface area contributed by atoms with Gasteiger partial charge >= 0.3 is 12.2 Å². The smallest absolute Gasteiger partial charge is 0.410 e. The molecule has 8 rings (SSSR count). The number of anilines is 3. The number of likely N-dealkylation sites (N-methyl/N-ethyl adjacent to an activating group) is 1. The standard InChI is InChI=1S/C67H87F3N10O11/c1-14-39(2)56(73-59(83)42(5)75(13)63(87)90-65(6,7)8)61(85)79-33-45-21-24-47(30-49(45)58(79)60(84)74-57-51(69)16-15-17-52(57)70)72-54(81)31-71-62(86)67(12)38-80(53-29-44(20-25-50(53)67)28-43-18-22-46(68)23-19-43)55(82)36-77-32-40(3)78(64(88)91-66(9,10)11)35-48(77)34-76-26-27-89-37-41(76)4/h15-25,29-30,39-42,48,56,58H,14,26-28,31-38H2,1-13H3,(H,71,86)(H,72,81)(H,73,83)(H,74,84)/t39?,40-,41-,42?,48+,56?,58+,67-/m1/s1. The average molecular weight is 1270 g/mol. The summed E-state index contributed by atoms with van der Waals surface area (Å²) < 4.78 is 61.4. The SMILES string of the molecule is CCC(C)C(NC(=O)C(C)N(C)C(=O)OC(C)(C)C)C(=O)N1Cc2ccc(NC(=O)CNC(=O)[C@]3(C)CN(C(=O)CN4C[C@@H](C)N(C(=O)OC(C)(C)C)C[C@@H]4CN4CCOC[C@H]4C)c4cc(Cc5ccc(F)cc5)ccc43)cc2[C@H]1C(=O)Nc1c(F)cccc1F. The van der Waals surface area contributed by atoms with Crippen LogP contribution in [-0.2, 0) is 61.4 Å². The van der Waals surface area contributed by atoms with Gasteiger partial charge in [-0.2, -0.15) is 0 Å².